The standard InChI is InChI=1S/C21H24N2O3/c1-3-20(24)23-13-11-16-14-17(8-9-18(16)23)21(25)22-12-10-15-6-4-5-7-19(15)26-2/h4-9,14H,3,10-13H2,1-2H3,(H,22,25). The quantitative estimate of drug-likeness (QED) is 0.869. The van der Waals surface area contributed by atoms with E-state index in [1.54, 1.807) is 18.1 Å². The molecule has 2 amide bonds. The highest BCUT2D eigenvalue weighted by Crippen LogP contribution is 2.29. The van der Waals surface area contributed by atoms with Gasteiger partial charge in [0.25, 0.3) is 5.91 Å². The SMILES string of the molecule is CCC(=O)N1CCc2cc(C(=O)NCCc3ccccc3OC)ccc21. The molecule has 0 saturated heterocycles. The number of methoxy groups -OCH3 is 1. The normalized spacial score (nSPS) is 12.6. The van der Waals surface area contributed by atoms with Crippen molar-refractivity contribution in [2.24, 2.45) is 0 Å². The molecule has 1 N–H and O–H groups in total. The number of para-hydroxylation sites is 1. The van der Waals surface area contributed by atoms with Crippen LogP contribution in [0, 0.1) is 0 Å². The summed E-state index contributed by atoms with van der Waals surface area (Å²) in [6, 6.07) is 13.4. The molecule has 136 valence electrons. The van der Waals surface area contributed by atoms with Crippen LogP contribution < -0.4 is 15.0 Å². The van der Waals surface area contributed by atoms with Crippen LogP contribution in [-0.2, 0) is 17.6 Å². The predicted octanol–water partition coefficient (Wildman–Crippen LogP) is 2.97. The number of hydrogen-bond acceptors (Lipinski definition) is 3. The minimum absolute atomic E-state index is 0.0945. The number of nitrogens with zero attached hydrogens (tertiary/aromatic N) is 1. The first-order valence-corrected chi connectivity index (χ1v) is 8.97. The lowest BCUT2D eigenvalue weighted by molar-refractivity contribution is -0.118. The van der Waals surface area contributed by atoms with Crippen molar-refractivity contribution in [2.45, 2.75) is 26.2 Å². The number of nitrogens with one attached hydrogen (secondary N) is 1. The summed E-state index contributed by atoms with van der Waals surface area (Å²) in [6.45, 7) is 3.10. The van der Waals surface area contributed by atoms with Gasteiger partial charge < -0.3 is 15.0 Å². The van der Waals surface area contributed by atoms with Crippen molar-refractivity contribution in [1.82, 2.24) is 5.32 Å². The van der Waals surface area contributed by atoms with Gasteiger partial charge in [0.2, 0.25) is 5.91 Å². The van der Waals surface area contributed by atoms with Crippen molar-refractivity contribution < 1.29 is 14.3 Å². The summed E-state index contributed by atoms with van der Waals surface area (Å²) in [4.78, 5) is 26.2. The van der Waals surface area contributed by atoms with Gasteiger partial charge in [-0.15, -0.1) is 0 Å². The Bertz CT molecular complexity index is 817. The number of fused-ring (bicyclic) bond motifs is 1. The zero-order chi connectivity index (χ0) is 18.5. The highest BCUT2D eigenvalue weighted by Gasteiger charge is 2.24. The number of amides is 2. The Kier molecular flexibility index (Phi) is 5.56. The molecule has 0 bridgehead atoms. The Balaban J connectivity index is 1.62. The van der Waals surface area contributed by atoms with E-state index in [2.05, 4.69) is 5.32 Å². The summed E-state index contributed by atoms with van der Waals surface area (Å²) >= 11 is 0. The first-order chi connectivity index (χ1) is 12.6. The van der Waals surface area contributed by atoms with Gasteiger partial charge in [-0.2, -0.15) is 0 Å². The highest BCUT2D eigenvalue weighted by atomic mass is 16.5. The molecule has 0 atom stereocenters. The second kappa shape index (κ2) is 8.04. The lowest BCUT2D eigenvalue weighted by Gasteiger charge is -2.16. The summed E-state index contributed by atoms with van der Waals surface area (Å²) in [6.07, 6.45) is 1.99. The third-order valence-corrected chi connectivity index (χ3v) is 4.71. The van der Waals surface area contributed by atoms with Crippen LogP contribution >= 0.6 is 0 Å². The third-order valence-electron chi connectivity index (χ3n) is 4.71. The van der Waals surface area contributed by atoms with Gasteiger partial charge in [0.15, 0.2) is 0 Å². The predicted molar refractivity (Wildman–Crippen MR) is 102 cm³/mol. The number of carbonyl (C=O) groups is 2. The largest absolute Gasteiger partial charge is 0.496 e. The average Bonchev–Trinajstić information content (AvgIpc) is 3.10. The summed E-state index contributed by atoms with van der Waals surface area (Å²) < 4.78 is 5.33. The Morgan fingerprint density at radius 1 is 1.19 bits per heavy atom. The molecule has 0 spiro atoms. The molecule has 5 heteroatoms. The van der Waals surface area contributed by atoms with Crippen molar-refractivity contribution >= 4 is 17.5 Å². The maximum absolute atomic E-state index is 12.4. The van der Waals surface area contributed by atoms with Crippen LogP contribution in [0.2, 0.25) is 0 Å². The van der Waals surface area contributed by atoms with Gasteiger partial charge in [-0.3, -0.25) is 9.59 Å². The first kappa shape index (κ1) is 18.0. The van der Waals surface area contributed by atoms with Crippen LogP contribution in [0.15, 0.2) is 42.5 Å². The van der Waals surface area contributed by atoms with E-state index in [-0.39, 0.29) is 11.8 Å². The Labute approximate surface area is 154 Å². The van der Waals surface area contributed by atoms with E-state index in [1.165, 1.54) is 0 Å². The molecule has 1 heterocycles. The minimum atomic E-state index is -0.0945. The van der Waals surface area contributed by atoms with E-state index in [1.807, 2.05) is 43.3 Å². The monoisotopic (exact) mass is 352 g/mol. The fourth-order valence-corrected chi connectivity index (χ4v) is 3.32. The van der Waals surface area contributed by atoms with E-state index in [0.29, 0.717) is 31.5 Å². The Hall–Kier alpha value is -2.82. The number of hydrogen-bond donors (Lipinski definition) is 1. The van der Waals surface area contributed by atoms with Gasteiger partial charge in [0, 0.05) is 30.8 Å². The number of rotatable bonds is 6. The van der Waals surface area contributed by atoms with E-state index in [9.17, 15) is 9.59 Å². The van der Waals surface area contributed by atoms with Crippen LogP contribution in [-0.4, -0.2) is 32.0 Å². The molecule has 0 radical (unpaired) electrons. The second-order valence-corrected chi connectivity index (χ2v) is 6.31. The fourth-order valence-electron chi connectivity index (χ4n) is 3.32. The number of anilines is 1. The van der Waals surface area contributed by atoms with Gasteiger partial charge in [-0.1, -0.05) is 25.1 Å². The number of carbonyl (C=O) groups excluding carboxylic acids is 2. The van der Waals surface area contributed by atoms with Crippen molar-refractivity contribution in [2.75, 3.05) is 25.1 Å². The van der Waals surface area contributed by atoms with Crippen molar-refractivity contribution in [3.05, 3.63) is 59.2 Å². The smallest absolute Gasteiger partial charge is 0.251 e. The molecule has 2 aromatic carbocycles. The minimum Gasteiger partial charge on any atom is -0.496 e. The zero-order valence-corrected chi connectivity index (χ0v) is 15.2. The molecule has 0 fully saturated rings. The summed E-state index contributed by atoms with van der Waals surface area (Å²) in [7, 11) is 1.65. The fraction of sp³-hybridized carbons (Fsp3) is 0.333. The van der Waals surface area contributed by atoms with Crippen LogP contribution in [0.5, 0.6) is 5.75 Å². The topological polar surface area (TPSA) is 58.6 Å². The molecular formula is C21H24N2O3. The van der Waals surface area contributed by atoms with Gasteiger partial charge >= 0.3 is 0 Å². The number of benzene rings is 2. The van der Waals surface area contributed by atoms with Crippen molar-refractivity contribution in [1.29, 1.82) is 0 Å². The van der Waals surface area contributed by atoms with Gasteiger partial charge in [-0.25, -0.2) is 0 Å². The third kappa shape index (κ3) is 3.72. The van der Waals surface area contributed by atoms with Gasteiger partial charge in [0.1, 0.15) is 5.75 Å². The van der Waals surface area contributed by atoms with Crippen LogP contribution in [0.4, 0.5) is 5.69 Å². The van der Waals surface area contributed by atoms with E-state index in [0.717, 1.165) is 29.0 Å². The van der Waals surface area contributed by atoms with Crippen molar-refractivity contribution in [3.63, 3.8) is 0 Å². The second-order valence-electron chi connectivity index (χ2n) is 6.31. The molecule has 2 aromatic rings. The molecule has 1 aliphatic heterocycles. The van der Waals surface area contributed by atoms with E-state index >= 15 is 0 Å². The number of ether oxygens (including phenoxy) is 1. The molecular weight excluding hydrogens is 328 g/mol. The Morgan fingerprint density at radius 2 is 2.00 bits per heavy atom. The molecule has 1 aliphatic rings. The highest BCUT2D eigenvalue weighted by molar-refractivity contribution is 5.98. The maximum atomic E-state index is 12.4. The summed E-state index contributed by atoms with van der Waals surface area (Å²) in [5, 5.41) is 2.96. The van der Waals surface area contributed by atoms with Crippen LogP contribution in [0.3, 0.4) is 0 Å². The van der Waals surface area contributed by atoms with Crippen molar-refractivity contribution in [3.8, 4) is 5.75 Å². The summed E-state index contributed by atoms with van der Waals surface area (Å²) in [5.74, 6) is 0.862. The Morgan fingerprint density at radius 3 is 2.77 bits per heavy atom. The molecule has 3 rings (SSSR count). The molecule has 0 unspecified atom stereocenters. The zero-order valence-electron chi connectivity index (χ0n) is 15.2. The average molecular weight is 352 g/mol. The molecule has 5 nitrogen and oxygen atoms in total. The molecule has 0 saturated carbocycles. The van der Waals surface area contributed by atoms with E-state index < -0.39 is 0 Å². The van der Waals surface area contributed by atoms with Gasteiger partial charge in [-0.05, 0) is 48.2 Å². The lowest BCUT2D eigenvalue weighted by Crippen LogP contribution is -2.28. The molecule has 26 heavy (non-hydrogen) atoms. The van der Waals surface area contributed by atoms with E-state index in [4.69, 9.17) is 4.74 Å². The first-order valence-electron chi connectivity index (χ1n) is 8.97. The molecule has 0 aromatic heterocycles. The van der Waals surface area contributed by atoms with Gasteiger partial charge in [0.05, 0.1) is 7.11 Å². The van der Waals surface area contributed by atoms with Crippen LogP contribution in [0.1, 0.15) is 34.8 Å². The summed E-state index contributed by atoms with van der Waals surface area (Å²) in [5.41, 5.74) is 3.69. The van der Waals surface area contributed by atoms with Crippen LogP contribution in [0.25, 0.3) is 0 Å². The maximum Gasteiger partial charge on any atom is 0.251 e. The molecule has 0 aliphatic carbocycles. The lowest BCUT2D eigenvalue weighted by atomic mass is 10.1.